The van der Waals surface area contributed by atoms with Crippen molar-refractivity contribution >= 4 is 22.5 Å². The second-order valence-corrected chi connectivity index (χ2v) is 7.78. The van der Waals surface area contributed by atoms with Crippen molar-refractivity contribution in [2.75, 3.05) is 24.2 Å². The second-order valence-electron chi connectivity index (χ2n) is 7.78. The van der Waals surface area contributed by atoms with E-state index in [9.17, 15) is 9.59 Å². The number of benzene rings is 1. The summed E-state index contributed by atoms with van der Waals surface area (Å²) in [5, 5.41) is 0. The molecule has 8 nitrogen and oxygen atoms in total. The smallest absolute Gasteiger partial charge is 0.330 e. The number of aryl methyl sites for hydroxylation is 2. The minimum atomic E-state index is -0.439. The zero-order valence-corrected chi connectivity index (χ0v) is 18.1. The van der Waals surface area contributed by atoms with Crippen LogP contribution >= 0.6 is 0 Å². The first kappa shape index (κ1) is 21.7. The Bertz CT molecular complexity index is 1110. The number of hydrogen-bond acceptors (Lipinski definition) is 5. The van der Waals surface area contributed by atoms with E-state index in [1.165, 1.54) is 10.1 Å². The Kier molecular flexibility index (Phi) is 6.97. The van der Waals surface area contributed by atoms with Gasteiger partial charge in [-0.05, 0) is 44.7 Å². The van der Waals surface area contributed by atoms with Crippen molar-refractivity contribution in [2.45, 2.75) is 59.0 Å². The lowest BCUT2D eigenvalue weighted by molar-refractivity contribution is 0.583. The molecule has 8 heteroatoms. The number of hydrogen-bond donors (Lipinski definition) is 2. The van der Waals surface area contributed by atoms with Gasteiger partial charge in [0.1, 0.15) is 17.3 Å². The highest BCUT2D eigenvalue weighted by Gasteiger charge is 2.15. The van der Waals surface area contributed by atoms with Gasteiger partial charge < -0.3 is 15.2 Å². The molecule has 0 saturated heterocycles. The average Bonchev–Trinajstić information content (AvgIpc) is 3.02. The van der Waals surface area contributed by atoms with Crippen LogP contribution in [0.15, 0.2) is 33.9 Å². The summed E-state index contributed by atoms with van der Waals surface area (Å²) in [5.41, 5.74) is 7.89. The Hall–Kier alpha value is -3.03. The zero-order valence-electron chi connectivity index (χ0n) is 18.1. The molecule has 0 unspecified atom stereocenters. The second kappa shape index (κ2) is 9.65. The molecule has 30 heavy (non-hydrogen) atoms. The first-order valence-corrected chi connectivity index (χ1v) is 10.7. The Morgan fingerprint density at radius 1 is 1.07 bits per heavy atom. The molecular weight excluding hydrogens is 380 g/mol. The Morgan fingerprint density at radius 2 is 1.80 bits per heavy atom. The first-order chi connectivity index (χ1) is 14.4. The topological polar surface area (TPSA) is 102 Å². The molecule has 1 aromatic carbocycles. The molecule has 3 aromatic rings. The molecule has 0 amide bonds. The molecule has 3 rings (SSSR count). The van der Waals surface area contributed by atoms with E-state index in [0.29, 0.717) is 18.8 Å². The van der Waals surface area contributed by atoms with E-state index in [1.807, 2.05) is 44.0 Å². The SMILES string of the molecule is CCCCn1c(N)c(N(C)CCCCCn2c(C)nc3ccccc32)c(=O)[nH]c1=O. The number of fused-ring (bicyclic) bond motifs is 1. The maximum absolute atomic E-state index is 12.3. The number of imidazole rings is 1. The molecule has 0 saturated carbocycles. The van der Waals surface area contributed by atoms with Gasteiger partial charge in [0.2, 0.25) is 0 Å². The summed E-state index contributed by atoms with van der Waals surface area (Å²) in [5.74, 6) is 1.28. The van der Waals surface area contributed by atoms with Crippen LogP contribution in [0.3, 0.4) is 0 Å². The predicted molar refractivity (Wildman–Crippen MR) is 122 cm³/mol. The van der Waals surface area contributed by atoms with Crippen LogP contribution in [0.1, 0.15) is 44.9 Å². The third-order valence-electron chi connectivity index (χ3n) is 5.55. The maximum atomic E-state index is 12.3. The van der Waals surface area contributed by atoms with E-state index in [2.05, 4.69) is 20.6 Å². The van der Waals surface area contributed by atoms with Gasteiger partial charge in [0, 0.05) is 26.7 Å². The van der Waals surface area contributed by atoms with Gasteiger partial charge in [-0.15, -0.1) is 0 Å². The monoisotopic (exact) mass is 412 g/mol. The molecule has 0 aliphatic heterocycles. The van der Waals surface area contributed by atoms with Crippen LogP contribution in [-0.2, 0) is 13.1 Å². The van der Waals surface area contributed by atoms with E-state index in [1.54, 1.807) is 0 Å². The first-order valence-electron chi connectivity index (χ1n) is 10.7. The van der Waals surface area contributed by atoms with Crippen LogP contribution in [0.5, 0.6) is 0 Å². The Labute approximate surface area is 176 Å². The molecule has 0 radical (unpaired) electrons. The normalized spacial score (nSPS) is 11.3. The fourth-order valence-electron chi connectivity index (χ4n) is 3.87. The van der Waals surface area contributed by atoms with Crippen molar-refractivity contribution in [3.8, 4) is 0 Å². The van der Waals surface area contributed by atoms with Crippen LogP contribution in [-0.4, -0.2) is 32.7 Å². The minimum Gasteiger partial charge on any atom is -0.383 e. The van der Waals surface area contributed by atoms with E-state index in [4.69, 9.17) is 5.73 Å². The number of rotatable bonds is 10. The Balaban J connectivity index is 1.58. The van der Waals surface area contributed by atoms with Gasteiger partial charge in [-0.1, -0.05) is 25.5 Å². The summed E-state index contributed by atoms with van der Waals surface area (Å²) in [6.45, 7) is 6.21. The van der Waals surface area contributed by atoms with Crippen molar-refractivity contribution in [3.05, 3.63) is 50.9 Å². The van der Waals surface area contributed by atoms with Crippen molar-refractivity contribution in [1.29, 1.82) is 0 Å². The number of H-pyrrole nitrogens is 1. The quantitative estimate of drug-likeness (QED) is 0.499. The third-order valence-corrected chi connectivity index (χ3v) is 5.55. The van der Waals surface area contributed by atoms with Gasteiger partial charge in [0.15, 0.2) is 0 Å². The largest absolute Gasteiger partial charge is 0.383 e. The number of nitrogens with zero attached hydrogens (tertiary/aromatic N) is 4. The van der Waals surface area contributed by atoms with Crippen LogP contribution in [0.2, 0.25) is 0 Å². The van der Waals surface area contributed by atoms with Crippen molar-refractivity contribution < 1.29 is 0 Å². The van der Waals surface area contributed by atoms with Gasteiger partial charge in [-0.2, -0.15) is 0 Å². The van der Waals surface area contributed by atoms with Crippen LogP contribution in [0.25, 0.3) is 11.0 Å². The zero-order chi connectivity index (χ0) is 21.7. The van der Waals surface area contributed by atoms with E-state index < -0.39 is 11.2 Å². The lowest BCUT2D eigenvalue weighted by atomic mass is 10.2. The van der Waals surface area contributed by atoms with Crippen molar-refractivity contribution in [1.82, 2.24) is 19.1 Å². The Morgan fingerprint density at radius 3 is 2.57 bits per heavy atom. The summed E-state index contributed by atoms with van der Waals surface area (Å²) in [6, 6.07) is 8.19. The third kappa shape index (κ3) is 4.58. The molecule has 0 spiro atoms. The highest BCUT2D eigenvalue weighted by atomic mass is 16.2. The number of aromatic amines is 1. The summed E-state index contributed by atoms with van der Waals surface area (Å²) in [7, 11) is 1.85. The standard InChI is InChI=1S/C22H32N6O2/c1-4-5-14-28-20(23)19(21(29)25-22(28)30)26(3)13-9-6-10-15-27-16(2)24-17-11-7-8-12-18(17)27/h7-8,11-12H,4-6,9-10,13-15,23H2,1-3H3,(H,25,29,30). The number of para-hydroxylation sites is 2. The molecule has 0 aliphatic rings. The van der Waals surface area contributed by atoms with Crippen molar-refractivity contribution in [2.24, 2.45) is 0 Å². The maximum Gasteiger partial charge on any atom is 0.330 e. The van der Waals surface area contributed by atoms with Gasteiger partial charge in [0.25, 0.3) is 5.56 Å². The summed E-state index contributed by atoms with van der Waals surface area (Å²) in [6.07, 6.45) is 4.75. The van der Waals surface area contributed by atoms with Gasteiger partial charge in [0.05, 0.1) is 11.0 Å². The minimum absolute atomic E-state index is 0.250. The lowest BCUT2D eigenvalue weighted by Crippen LogP contribution is -2.37. The van der Waals surface area contributed by atoms with Crippen LogP contribution < -0.4 is 21.9 Å². The van der Waals surface area contributed by atoms with Gasteiger partial charge in [-0.3, -0.25) is 14.3 Å². The van der Waals surface area contributed by atoms with Crippen LogP contribution in [0.4, 0.5) is 11.5 Å². The number of unbranched alkanes of at least 4 members (excludes halogenated alkanes) is 3. The number of nitrogen functional groups attached to an aromatic ring is 1. The fraction of sp³-hybridized carbons (Fsp3) is 0.500. The highest BCUT2D eigenvalue weighted by molar-refractivity contribution is 5.75. The lowest BCUT2D eigenvalue weighted by Gasteiger charge is -2.21. The molecule has 0 fully saturated rings. The molecule has 0 atom stereocenters. The average molecular weight is 413 g/mol. The summed E-state index contributed by atoms with van der Waals surface area (Å²) in [4.78, 5) is 33.3. The van der Waals surface area contributed by atoms with Gasteiger partial charge in [-0.25, -0.2) is 9.78 Å². The fourth-order valence-corrected chi connectivity index (χ4v) is 3.87. The van der Waals surface area contributed by atoms with E-state index in [-0.39, 0.29) is 5.82 Å². The number of nitrogens with two attached hydrogens (primary N) is 1. The highest BCUT2D eigenvalue weighted by Crippen LogP contribution is 2.18. The van der Waals surface area contributed by atoms with Gasteiger partial charge >= 0.3 is 5.69 Å². The van der Waals surface area contributed by atoms with Crippen molar-refractivity contribution in [3.63, 3.8) is 0 Å². The number of nitrogens with one attached hydrogen (secondary N) is 1. The van der Waals surface area contributed by atoms with Crippen LogP contribution in [0, 0.1) is 6.92 Å². The predicted octanol–water partition coefficient (Wildman–Crippen LogP) is 2.88. The molecule has 0 bridgehead atoms. The molecule has 3 N–H and O–H groups in total. The number of anilines is 2. The number of aromatic nitrogens is 4. The van der Waals surface area contributed by atoms with E-state index in [0.717, 1.165) is 50.0 Å². The summed E-state index contributed by atoms with van der Waals surface area (Å²) < 4.78 is 3.72. The molecule has 0 aliphatic carbocycles. The molecule has 162 valence electrons. The molecule has 2 aromatic heterocycles. The summed E-state index contributed by atoms with van der Waals surface area (Å²) >= 11 is 0. The molecular formula is C22H32N6O2. The van der Waals surface area contributed by atoms with E-state index >= 15 is 0 Å². The molecule has 2 heterocycles.